The summed E-state index contributed by atoms with van der Waals surface area (Å²) >= 11 is 0. The number of carbonyl (C=O) groups excluding carboxylic acids is 1. The van der Waals surface area contributed by atoms with Crippen molar-refractivity contribution in [1.82, 2.24) is 15.3 Å². The number of amides is 1. The molecule has 0 unspecified atom stereocenters. The van der Waals surface area contributed by atoms with Crippen molar-refractivity contribution in [2.45, 2.75) is 13.3 Å². The van der Waals surface area contributed by atoms with Gasteiger partial charge in [0.05, 0.1) is 11.0 Å². The zero-order valence-electron chi connectivity index (χ0n) is 12.8. The Morgan fingerprint density at radius 2 is 2.17 bits per heavy atom. The zero-order chi connectivity index (χ0) is 16.7. The number of rotatable bonds is 7. The molecule has 0 bridgehead atoms. The number of nitriles is 1. The molecule has 120 valence electrons. The third-order valence-corrected chi connectivity index (χ3v) is 3.17. The van der Waals surface area contributed by atoms with Gasteiger partial charge in [-0.05, 0) is 37.1 Å². The summed E-state index contributed by atoms with van der Waals surface area (Å²) in [5.74, 6) is -0.424. The van der Waals surface area contributed by atoms with E-state index in [9.17, 15) is 9.59 Å². The van der Waals surface area contributed by atoms with E-state index in [2.05, 4.69) is 15.3 Å². The van der Waals surface area contributed by atoms with Gasteiger partial charge in [-0.1, -0.05) is 6.07 Å². The van der Waals surface area contributed by atoms with Crippen LogP contribution in [0.15, 0.2) is 28.6 Å². The van der Waals surface area contributed by atoms with E-state index in [-0.39, 0.29) is 11.3 Å². The van der Waals surface area contributed by atoms with Gasteiger partial charge in [-0.25, -0.2) is 4.79 Å². The molecule has 23 heavy (non-hydrogen) atoms. The lowest BCUT2D eigenvalue weighted by Crippen LogP contribution is -2.26. The molecule has 7 heteroatoms. The summed E-state index contributed by atoms with van der Waals surface area (Å²) in [6.07, 6.45) is 2.18. The Balaban J connectivity index is 2.05. The summed E-state index contributed by atoms with van der Waals surface area (Å²) in [7, 11) is 0. The minimum atomic E-state index is -0.424. The van der Waals surface area contributed by atoms with Crippen molar-refractivity contribution in [3.05, 3.63) is 39.8 Å². The van der Waals surface area contributed by atoms with E-state index in [1.54, 1.807) is 18.2 Å². The third kappa shape index (κ3) is 4.56. The lowest BCUT2D eigenvalue weighted by molar-refractivity contribution is -0.117. The first-order valence-electron chi connectivity index (χ1n) is 7.34. The van der Waals surface area contributed by atoms with Crippen LogP contribution in [-0.4, -0.2) is 35.6 Å². The number of nitrogens with zero attached hydrogens (tertiary/aromatic N) is 1. The lowest BCUT2D eigenvalue weighted by atomic mass is 10.1. The van der Waals surface area contributed by atoms with Gasteiger partial charge >= 0.3 is 5.69 Å². The molecule has 1 aromatic carbocycles. The number of hydrogen-bond acceptors (Lipinski definition) is 4. The van der Waals surface area contributed by atoms with Gasteiger partial charge in [0, 0.05) is 19.8 Å². The molecule has 0 spiro atoms. The Hall–Kier alpha value is -2.85. The second-order valence-electron chi connectivity index (χ2n) is 4.86. The molecule has 1 heterocycles. The largest absolute Gasteiger partial charge is 0.382 e. The number of imidazole rings is 1. The predicted molar refractivity (Wildman–Crippen MR) is 86.6 cm³/mol. The molecule has 0 aliphatic carbocycles. The van der Waals surface area contributed by atoms with Crippen LogP contribution in [0.3, 0.4) is 0 Å². The smallest absolute Gasteiger partial charge is 0.323 e. The van der Waals surface area contributed by atoms with Gasteiger partial charge in [0.15, 0.2) is 0 Å². The lowest BCUT2D eigenvalue weighted by Gasteiger charge is -2.04. The van der Waals surface area contributed by atoms with E-state index in [0.29, 0.717) is 42.8 Å². The standard InChI is InChI=1S/C16H18N4O3/c1-2-23-7-3-6-18-15(21)12(10-17)8-11-4-5-13-14(9-11)20-16(22)19-13/h4-5,8-9H,2-3,6-7H2,1H3,(H,18,21)(H2,19,20,22). The molecule has 0 radical (unpaired) electrons. The Morgan fingerprint density at radius 1 is 1.39 bits per heavy atom. The normalized spacial score (nSPS) is 11.4. The molecule has 0 fully saturated rings. The summed E-state index contributed by atoms with van der Waals surface area (Å²) in [4.78, 5) is 28.5. The van der Waals surface area contributed by atoms with Crippen molar-refractivity contribution in [1.29, 1.82) is 5.26 Å². The SMILES string of the molecule is CCOCCCNC(=O)C(C#N)=Cc1ccc2[nH]c(=O)[nH]c2c1. The number of aromatic nitrogens is 2. The molecule has 0 saturated carbocycles. The number of aromatic amines is 2. The molecule has 0 aliphatic heterocycles. The van der Waals surface area contributed by atoms with E-state index in [0.717, 1.165) is 0 Å². The van der Waals surface area contributed by atoms with Gasteiger partial charge in [0.2, 0.25) is 0 Å². The van der Waals surface area contributed by atoms with Crippen molar-refractivity contribution in [2.75, 3.05) is 19.8 Å². The minimum Gasteiger partial charge on any atom is -0.382 e. The fraction of sp³-hybridized carbons (Fsp3) is 0.312. The molecule has 1 aromatic heterocycles. The Morgan fingerprint density at radius 3 is 2.91 bits per heavy atom. The molecular formula is C16H18N4O3. The average molecular weight is 314 g/mol. The van der Waals surface area contributed by atoms with Crippen LogP contribution in [0.2, 0.25) is 0 Å². The highest BCUT2D eigenvalue weighted by molar-refractivity contribution is 6.01. The molecule has 3 N–H and O–H groups in total. The first-order chi connectivity index (χ1) is 11.1. The highest BCUT2D eigenvalue weighted by Gasteiger charge is 2.08. The molecule has 2 aromatic rings. The molecule has 2 rings (SSSR count). The molecule has 0 saturated heterocycles. The number of benzene rings is 1. The van der Waals surface area contributed by atoms with Gasteiger partial charge in [0.1, 0.15) is 11.6 Å². The second kappa shape index (κ2) is 7.96. The maximum atomic E-state index is 12.0. The van der Waals surface area contributed by atoms with E-state index < -0.39 is 5.91 Å². The van der Waals surface area contributed by atoms with Crippen LogP contribution in [-0.2, 0) is 9.53 Å². The Bertz CT molecular complexity index is 811. The van der Waals surface area contributed by atoms with Gasteiger partial charge in [-0.15, -0.1) is 0 Å². The highest BCUT2D eigenvalue weighted by Crippen LogP contribution is 2.13. The van der Waals surface area contributed by atoms with Crippen molar-refractivity contribution >= 4 is 23.0 Å². The molecule has 1 amide bonds. The maximum absolute atomic E-state index is 12.0. The van der Waals surface area contributed by atoms with Crippen molar-refractivity contribution in [2.24, 2.45) is 0 Å². The summed E-state index contributed by atoms with van der Waals surface area (Å²) in [5.41, 5.74) is 1.67. The summed E-state index contributed by atoms with van der Waals surface area (Å²) < 4.78 is 5.18. The quantitative estimate of drug-likeness (QED) is 0.406. The summed E-state index contributed by atoms with van der Waals surface area (Å²) in [6.45, 7) is 3.56. The van der Waals surface area contributed by atoms with Crippen LogP contribution in [0, 0.1) is 11.3 Å². The average Bonchev–Trinajstić information content (AvgIpc) is 2.91. The minimum absolute atomic E-state index is 0.0126. The number of fused-ring (bicyclic) bond motifs is 1. The van der Waals surface area contributed by atoms with E-state index in [1.807, 2.05) is 13.0 Å². The Labute approximate surface area is 133 Å². The highest BCUT2D eigenvalue weighted by atomic mass is 16.5. The van der Waals surface area contributed by atoms with E-state index in [4.69, 9.17) is 10.00 Å². The summed E-state index contributed by atoms with van der Waals surface area (Å²) in [6, 6.07) is 7.04. The molecular weight excluding hydrogens is 296 g/mol. The summed E-state index contributed by atoms with van der Waals surface area (Å²) in [5, 5.41) is 11.8. The number of nitrogens with one attached hydrogen (secondary N) is 3. The molecule has 0 aliphatic rings. The third-order valence-electron chi connectivity index (χ3n) is 3.17. The Kier molecular flexibility index (Phi) is 5.72. The van der Waals surface area contributed by atoms with Crippen molar-refractivity contribution < 1.29 is 9.53 Å². The first-order valence-corrected chi connectivity index (χ1v) is 7.34. The topological polar surface area (TPSA) is 111 Å². The van der Waals surface area contributed by atoms with Gasteiger partial charge < -0.3 is 20.0 Å². The van der Waals surface area contributed by atoms with Crippen LogP contribution in [0.5, 0.6) is 0 Å². The van der Waals surface area contributed by atoms with Crippen LogP contribution in [0.4, 0.5) is 0 Å². The number of ether oxygens (including phenoxy) is 1. The number of H-pyrrole nitrogens is 2. The second-order valence-corrected chi connectivity index (χ2v) is 4.86. The molecule has 7 nitrogen and oxygen atoms in total. The molecule has 0 atom stereocenters. The van der Waals surface area contributed by atoms with Gasteiger partial charge in [0.25, 0.3) is 5.91 Å². The fourth-order valence-corrected chi connectivity index (χ4v) is 2.07. The first kappa shape index (κ1) is 16.5. The predicted octanol–water partition coefficient (Wildman–Crippen LogP) is 1.31. The van der Waals surface area contributed by atoms with E-state index in [1.165, 1.54) is 6.08 Å². The van der Waals surface area contributed by atoms with Crippen molar-refractivity contribution in [3.8, 4) is 6.07 Å². The maximum Gasteiger partial charge on any atom is 0.323 e. The zero-order valence-corrected chi connectivity index (χ0v) is 12.8. The van der Waals surface area contributed by atoms with Crippen LogP contribution in [0.25, 0.3) is 17.1 Å². The van der Waals surface area contributed by atoms with Crippen LogP contribution >= 0.6 is 0 Å². The fourth-order valence-electron chi connectivity index (χ4n) is 2.07. The van der Waals surface area contributed by atoms with Crippen molar-refractivity contribution in [3.63, 3.8) is 0 Å². The van der Waals surface area contributed by atoms with E-state index >= 15 is 0 Å². The monoisotopic (exact) mass is 314 g/mol. The van der Waals surface area contributed by atoms with Gasteiger partial charge in [-0.3, -0.25) is 4.79 Å². The van der Waals surface area contributed by atoms with Gasteiger partial charge in [-0.2, -0.15) is 5.26 Å². The number of carbonyl (C=O) groups is 1. The van der Waals surface area contributed by atoms with Crippen LogP contribution in [0.1, 0.15) is 18.9 Å². The number of hydrogen-bond donors (Lipinski definition) is 3. The van der Waals surface area contributed by atoms with Crippen LogP contribution < -0.4 is 11.0 Å².